The van der Waals surface area contributed by atoms with Gasteiger partial charge in [0.15, 0.2) is 0 Å². The van der Waals surface area contributed by atoms with Crippen LogP contribution in [-0.2, 0) is 0 Å². The molecular formula is C16H26N4O. The highest BCUT2D eigenvalue weighted by Gasteiger charge is 2.28. The van der Waals surface area contributed by atoms with Gasteiger partial charge in [0.2, 0.25) is 0 Å². The van der Waals surface area contributed by atoms with Crippen LogP contribution in [0.4, 0.5) is 0 Å². The van der Waals surface area contributed by atoms with E-state index in [4.69, 9.17) is 4.74 Å². The van der Waals surface area contributed by atoms with Crippen molar-refractivity contribution in [3.05, 3.63) is 29.8 Å². The van der Waals surface area contributed by atoms with Gasteiger partial charge in [-0.25, -0.2) is 0 Å². The van der Waals surface area contributed by atoms with Crippen molar-refractivity contribution in [2.45, 2.75) is 6.17 Å². The lowest BCUT2D eigenvalue weighted by Gasteiger charge is -2.43. The number of piperazine rings is 2. The Hall–Kier alpha value is -1.14. The molecule has 2 aliphatic heterocycles. The Morgan fingerprint density at radius 3 is 1.76 bits per heavy atom. The molecule has 0 radical (unpaired) electrons. The van der Waals surface area contributed by atoms with E-state index in [1.54, 1.807) is 7.11 Å². The fourth-order valence-electron chi connectivity index (χ4n) is 3.28. The van der Waals surface area contributed by atoms with E-state index in [1.165, 1.54) is 5.56 Å². The summed E-state index contributed by atoms with van der Waals surface area (Å²) in [5, 5.41) is 6.90. The standard InChI is InChI=1S/C16H26N4O/c1-21-15-4-2-14(3-5-15)16(19-10-6-17-7-11-19)20-12-8-18-9-13-20/h2-5,16-18H,6-13H2,1H3. The fourth-order valence-corrected chi connectivity index (χ4v) is 3.28. The fraction of sp³-hybridized carbons (Fsp3) is 0.625. The first-order valence-corrected chi connectivity index (χ1v) is 7.92. The highest BCUT2D eigenvalue weighted by Crippen LogP contribution is 2.27. The van der Waals surface area contributed by atoms with Crippen LogP contribution in [-0.4, -0.2) is 69.3 Å². The maximum atomic E-state index is 5.29. The first-order valence-electron chi connectivity index (χ1n) is 7.92. The zero-order chi connectivity index (χ0) is 14.5. The lowest BCUT2D eigenvalue weighted by atomic mass is 10.1. The van der Waals surface area contributed by atoms with Crippen molar-refractivity contribution in [3.8, 4) is 5.75 Å². The molecule has 0 aromatic heterocycles. The van der Waals surface area contributed by atoms with E-state index in [1.807, 2.05) is 0 Å². The molecule has 1 aromatic rings. The van der Waals surface area contributed by atoms with E-state index < -0.39 is 0 Å². The van der Waals surface area contributed by atoms with Gasteiger partial charge >= 0.3 is 0 Å². The van der Waals surface area contributed by atoms with Gasteiger partial charge in [-0.2, -0.15) is 0 Å². The van der Waals surface area contributed by atoms with Crippen LogP contribution in [0.3, 0.4) is 0 Å². The van der Waals surface area contributed by atoms with Gasteiger partial charge in [-0.15, -0.1) is 0 Å². The van der Waals surface area contributed by atoms with Crippen LogP contribution in [0.5, 0.6) is 5.75 Å². The number of hydrogen-bond donors (Lipinski definition) is 2. The summed E-state index contributed by atoms with van der Waals surface area (Å²) in [6.07, 6.45) is 0.389. The Bertz CT molecular complexity index is 406. The van der Waals surface area contributed by atoms with Crippen LogP contribution in [0.2, 0.25) is 0 Å². The van der Waals surface area contributed by atoms with Gasteiger partial charge in [0, 0.05) is 52.4 Å². The molecule has 116 valence electrons. The molecule has 1 aromatic carbocycles. The third-order valence-corrected chi connectivity index (χ3v) is 4.41. The minimum absolute atomic E-state index is 0.389. The highest BCUT2D eigenvalue weighted by atomic mass is 16.5. The third-order valence-electron chi connectivity index (χ3n) is 4.41. The average molecular weight is 290 g/mol. The minimum atomic E-state index is 0.389. The van der Waals surface area contributed by atoms with Gasteiger partial charge in [0.1, 0.15) is 5.75 Å². The molecule has 2 saturated heterocycles. The molecule has 0 bridgehead atoms. The van der Waals surface area contributed by atoms with Crippen molar-refractivity contribution in [2.75, 3.05) is 59.5 Å². The van der Waals surface area contributed by atoms with Crippen LogP contribution < -0.4 is 15.4 Å². The van der Waals surface area contributed by atoms with Gasteiger partial charge < -0.3 is 15.4 Å². The molecular weight excluding hydrogens is 264 g/mol. The predicted octanol–water partition coefficient (Wildman–Crippen LogP) is 0.504. The van der Waals surface area contributed by atoms with Crippen molar-refractivity contribution >= 4 is 0 Å². The molecule has 2 heterocycles. The number of nitrogens with one attached hydrogen (secondary N) is 2. The zero-order valence-electron chi connectivity index (χ0n) is 12.8. The van der Waals surface area contributed by atoms with Crippen LogP contribution in [0.25, 0.3) is 0 Å². The van der Waals surface area contributed by atoms with E-state index in [0.29, 0.717) is 6.17 Å². The van der Waals surface area contributed by atoms with Gasteiger partial charge in [0.25, 0.3) is 0 Å². The summed E-state index contributed by atoms with van der Waals surface area (Å²) in [6.45, 7) is 8.78. The normalized spacial score (nSPS) is 21.6. The van der Waals surface area contributed by atoms with Crippen LogP contribution in [0, 0.1) is 0 Å². The number of rotatable bonds is 4. The summed E-state index contributed by atoms with van der Waals surface area (Å²) < 4.78 is 5.29. The maximum Gasteiger partial charge on any atom is 0.118 e. The molecule has 3 rings (SSSR count). The SMILES string of the molecule is COc1ccc(C(N2CCNCC2)N2CCNCC2)cc1. The van der Waals surface area contributed by atoms with Crippen molar-refractivity contribution in [2.24, 2.45) is 0 Å². The Morgan fingerprint density at radius 1 is 0.857 bits per heavy atom. The third kappa shape index (κ3) is 3.55. The zero-order valence-corrected chi connectivity index (χ0v) is 12.8. The monoisotopic (exact) mass is 290 g/mol. The highest BCUT2D eigenvalue weighted by molar-refractivity contribution is 5.29. The molecule has 2 fully saturated rings. The molecule has 0 unspecified atom stereocenters. The summed E-state index contributed by atoms with van der Waals surface area (Å²) >= 11 is 0. The van der Waals surface area contributed by atoms with E-state index in [0.717, 1.165) is 58.1 Å². The molecule has 0 atom stereocenters. The maximum absolute atomic E-state index is 5.29. The Morgan fingerprint density at radius 2 is 1.33 bits per heavy atom. The number of ether oxygens (including phenoxy) is 1. The summed E-state index contributed by atoms with van der Waals surface area (Å²) in [7, 11) is 1.72. The number of benzene rings is 1. The topological polar surface area (TPSA) is 39.8 Å². The number of hydrogen-bond acceptors (Lipinski definition) is 5. The lowest BCUT2D eigenvalue weighted by Crippen LogP contribution is -2.54. The molecule has 5 heteroatoms. The molecule has 2 N–H and O–H groups in total. The largest absolute Gasteiger partial charge is 0.497 e. The molecule has 5 nitrogen and oxygen atoms in total. The van der Waals surface area contributed by atoms with Crippen LogP contribution in [0.1, 0.15) is 11.7 Å². The Balaban J connectivity index is 1.82. The minimum Gasteiger partial charge on any atom is -0.497 e. The van der Waals surface area contributed by atoms with E-state index in [9.17, 15) is 0 Å². The van der Waals surface area contributed by atoms with Crippen molar-refractivity contribution in [1.29, 1.82) is 0 Å². The lowest BCUT2D eigenvalue weighted by molar-refractivity contribution is 0.0242. The van der Waals surface area contributed by atoms with E-state index in [2.05, 4.69) is 44.7 Å². The second kappa shape index (κ2) is 7.22. The first kappa shape index (κ1) is 14.8. The van der Waals surface area contributed by atoms with E-state index in [-0.39, 0.29) is 0 Å². The molecule has 0 amide bonds. The number of nitrogens with zero attached hydrogens (tertiary/aromatic N) is 2. The smallest absolute Gasteiger partial charge is 0.118 e. The molecule has 0 spiro atoms. The average Bonchev–Trinajstić information content (AvgIpc) is 2.58. The summed E-state index contributed by atoms with van der Waals surface area (Å²) in [4.78, 5) is 5.20. The molecule has 2 aliphatic rings. The van der Waals surface area contributed by atoms with Crippen molar-refractivity contribution in [1.82, 2.24) is 20.4 Å². The van der Waals surface area contributed by atoms with Gasteiger partial charge in [-0.1, -0.05) is 12.1 Å². The van der Waals surface area contributed by atoms with Gasteiger partial charge in [-0.3, -0.25) is 9.80 Å². The van der Waals surface area contributed by atoms with Crippen molar-refractivity contribution in [3.63, 3.8) is 0 Å². The van der Waals surface area contributed by atoms with Gasteiger partial charge in [-0.05, 0) is 17.7 Å². The van der Waals surface area contributed by atoms with Crippen LogP contribution in [0.15, 0.2) is 24.3 Å². The quantitative estimate of drug-likeness (QED) is 0.845. The van der Waals surface area contributed by atoms with Crippen molar-refractivity contribution < 1.29 is 4.74 Å². The molecule has 0 saturated carbocycles. The van der Waals surface area contributed by atoms with Crippen LogP contribution >= 0.6 is 0 Å². The first-order chi connectivity index (χ1) is 10.4. The Kier molecular flexibility index (Phi) is 5.08. The summed E-state index contributed by atoms with van der Waals surface area (Å²) in [5.74, 6) is 0.929. The van der Waals surface area contributed by atoms with Gasteiger partial charge in [0.05, 0.1) is 13.3 Å². The summed E-state index contributed by atoms with van der Waals surface area (Å²) in [5.41, 5.74) is 1.37. The number of methoxy groups -OCH3 is 1. The molecule has 21 heavy (non-hydrogen) atoms. The second-order valence-electron chi connectivity index (χ2n) is 5.72. The Labute approximate surface area is 127 Å². The predicted molar refractivity (Wildman–Crippen MR) is 84.6 cm³/mol. The molecule has 0 aliphatic carbocycles. The summed E-state index contributed by atoms with van der Waals surface area (Å²) in [6, 6.07) is 8.58. The van der Waals surface area contributed by atoms with E-state index >= 15 is 0 Å². The second-order valence-corrected chi connectivity index (χ2v) is 5.72.